The average Bonchev–Trinajstić information content (AvgIpc) is 2.37. The third kappa shape index (κ3) is 0.796. The van der Waals surface area contributed by atoms with Crippen LogP contribution in [-0.2, 0) is 4.79 Å². The Labute approximate surface area is 77.8 Å². The van der Waals surface area contributed by atoms with Crippen LogP contribution in [0.25, 0.3) is 0 Å². The van der Waals surface area contributed by atoms with Gasteiger partial charge in [-0.05, 0) is 6.42 Å². The largest absolute Gasteiger partial charge is 0.396 e. The van der Waals surface area contributed by atoms with E-state index in [1.54, 1.807) is 0 Å². The van der Waals surface area contributed by atoms with Gasteiger partial charge in [-0.3, -0.25) is 4.79 Å². The third-order valence-electron chi connectivity index (χ3n) is 4.51. The second-order valence-electron chi connectivity index (χ2n) is 4.91. The molecule has 0 heterocycles. The van der Waals surface area contributed by atoms with Crippen LogP contribution in [0.4, 0.5) is 0 Å². The van der Waals surface area contributed by atoms with E-state index in [-0.39, 0.29) is 18.3 Å². The van der Waals surface area contributed by atoms with Gasteiger partial charge in [-0.2, -0.15) is 0 Å². The molecule has 0 aliphatic heterocycles. The molecular weight excluding hydrogens is 168 g/mol. The summed E-state index contributed by atoms with van der Waals surface area (Å²) in [6.45, 7) is 3.79. The molecule has 2 saturated carbocycles. The second kappa shape index (κ2) is 2.34. The van der Waals surface area contributed by atoms with Crippen LogP contribution < -0.4 is 0 Å². The summed E-state index contributed by atoms with van der Waals surface area (Å²) in [5, 5.41) is 19.0. The predicted octanol–water partition coefficient (Wildman–Crippen LogP) is 0.345. The standard InChI is InChI=1S/C10H16O3/c1-9-4-7(12)6(3-8(9)13)10(9,2)5-11/h6-7,11-12H,3-5H2,1-2H3/t6-,7+,9-,10-/m1/s1. The van der Waals surface area contributed by atoms with Crippen molar-refractivity contribution in [3.63, 3.8) is 0 Å². The first kappa shape index (κ1) is 9.16. The van der Waals surface area contributed by atoms with Crippen LogP contribution in [-0.4, -0.2) is 28.7 Å². The summed E-state index contributed by atoms with van der Waals surface area (Å²) in [6, 6.07) is 0. The topological polar surface area (TPSA) is 57.5 Å². The molecule has 74 valence electrons. The van der Waals surface area contributed by atoms with E-state index < -0.39 is 16.9 Å². The lowest BCUT2D eigenvalue weighted by Crippen LogP contribution is -2.37. The minimum absolute atomic E-state index is 0.00301. The smallest absolute Gasteiger partial charge is 0.139 e. The molecule has 0 aromatic rings. The molecule has 13 heavy (non-hydrogen) atoms. The molecule has 3 nitrogen and oxygen atoms in total. The van der Waals surface area contributed by atoms with Crippen LogP contribution in [0.3, 0.4) is 0 Å². The highest BCUT2D eigenvalue weighted by atomic mass is 16.3. The maximum atomic E-state index is 11.7. The van der Waals surface area contributed by atoms with Gasteiger partial charge < -0.3 is 10.2 Å². The number of aliphatic hydroxyl groups excluding tert-OH is 2. The summed E-state index contributed by atoms with van der Waals surface area (Å²) in [4.78, 5) is 11.7. The number of Topliss-reactive ketones (excluding diaryl/α,β-unsaturated/α-hetero) is 1. The van der Waals surface area contributed by atoms with E-state index in [2.05, 4.69) is 0 Å². The van der Waals surface area contributed by atoms with E-state index in [0.717, 1.165) is 0 Å². The average molecular weight is 184 g/mol. The number of hydrogen-bond acceptors (Lipinski definition) is 3. The monoisotopic (exact) mass is 184 g/mol. The molecule has 0 aromatic heterocycles. The van der Waals surface area contributed by atoms with Crippen molar-refractivity contribution in [3.05, 3.63) is 0 Å². The fraction of sp³-hybridized carbons (Fsp3) is 0.900. The van der Waals surface area contributed by atoms with Crippen molar-refractivity contribution in [2.24, 2.45) is 16.7 Å². The minimum atomic E-state index is -0.494. The highest BCUT2D eigenvalue weighted by molar-refractivity contribution is 5.89. The van der Waals surface area contributed by atoms with Crippen molar-refractivity contribution in [1.29, 1.82) is 0 Å². The maximum absolute atomic E-state index is 11.7. The van der Waals surface area contributed by atoms with Crippen molar-refractivity contribution in [1.82, 2.24) is 0 Å². The van der Waals surface area contributed by atoms with Gasteiger partial charge >= 0.3 is 0 Å². The molecule has 2 bridgehead atoms. The summed E-state index contributed by atoms with van der Waals surface area (Å²) in [7, 11) is 0. The van der Waals surface area contributed by atoms with E-state index in [1.165, 1.54) is 0 Å². The van der Waals surface area contributed by atoms with Gasteiger partial charge in [-0.25, -0.2) is 0 Å². The Morgan fingerprint density at radius 3 is 2.46 bits per heavy atom. The van der Waals surface area contributed by atoms with Gasteiger partial charge in [0.25, 0.3) is 0 Å². The van der Waals surface area contributed by atoms with E-state index >= 15 is 0 Å². The lowest BCUT2D eigenvalue weighted by molar-refractivity contribution is -0.130. The summed E-state index contributed by atoms with van der Waals surface area (Å²) in [5.41, 5.74) is -0.894. The van der Waals surface area contributed by atoms with E-state index in [0.29, 0.717) is 12.8 Å². The van der Waals surface area contributed by atoms with Crippen LogP contribution in [0.15, 0.2) is 0 Å². The van der Waals surface area contributed by atoms with Gasteiger partial charge in [-0.15, -0.1) is 0 Å². The van der Waals surface area contributed by atoms with Gasteiger partial charge in [0.2, 0.25) is 0 Å². The molecule has 0 amide bonds. The molecule has 2 rings (SSSR count). The van der Waals surface area contributed by atoms with Crippen molar-refractivity contribution in [2.45, 2.75) is 32.8 Å². The molecule has 0 radical (unpaired) electrons. The zero-order chi connectivity index (χ0) is 9.85. The van der Waals surface area contributed by atoms with Crippen molar-refractivity contribution in [2.75, 3.05) is 6.61 Å². The van der Waals surface area contributed by atoms with Crippen LogP contribution in [0, 0.1) is 16.7 Å². The van der Waals surface area contributed by atoms with Crippen molar-refractivity contribution in [3.8, 4) is 0 Å². The Morgan fingerprint density at radius 2 is 2.15 bits per heavy atom. The Balaban J connectivity index is 2.46. The summed E-state index contributed by atoms with van der Waals surface area (Å²) in [5.74, 6) is 0.175. The predicted molar refractivity (Wildman–Crippen MR) is 47.0 cm³/mol. The first-order valence-electron chi connectivity index (χ1n) is 4.78. The van der Waals surface area contributed by atoms with Crippen LogP contribution in [0.2, 0.25) is 0 Å². The molecule has 3 heteroatoms. The van der Waals surface area contributed by atoms with Gasteiger partial charge in [0.05, 0.1) is 6.10 Å². The van der Waals surface area contributed by atoms with Crippen LogP contribution >= 0.6 is 0 Å². The fourth-order valence-corrected chi connectivity index (χ4v) is 3.14. The number of ketones is 1. The zero-order valence-corrected chi connectivity index (χ0v) is 8.08. The van der Waals surface area contributed by atoms with E-state index in [9.17, 15) is 15.0 Å². The number of hydrogen-bond donors (Lipinski definition) is 2. The van der Waals surface area contributed by atoms with E-state index in [1.807, 2.05) is 13.8 Å². The van der Waals surface area contributed by atoms with Gasteiger partial charge in [0, 0.05) is 29.8 Å². The lowest BCUT2D eigenvalue weighted by atomic mass is 9.69. The first-order valence-corrected chi connectivity index (χ1v) is 4.78. The fourth-order valence-electron chi connectivity index (χ4n) is 3.14. The number of rotatable bonds is 1. The second-order valence-corrected chi connectivity index (χ2v) is 4.91. The van der Waals surface area contributed by atoms with Crippen molar-refractivity contribution < 1.29 is 15.0 Å². The summed E-state index contributed by atoms with van der Waals surface area (Å²) in [6.07, 6.45) is 0.558. The molecule has 2 aliphatic rings. The molecular formula is C10H16O3. The Kier molecular flexibility index (Phi) is 1.65. The number of carbonyl (C=O) groups excluding carboxylic acids is 1. The lowest BCUT2D eigenvalue weighted by Gasteiger charge is -2.34. The van der Waals surface area contributed by atoms with Crippen molar-refractivity contribution >= 4 is 5.78 Å². The molecule has 0 spiro atoms. The molecule has 0 saturated heterocycles. The minimum Gasteiger partial charge on any atom is -0.396 e. The molecule has 2 fully saturated rings. The SMILES string of the molecule is C[C@@]12C[C@H](O)[C@@H](CC1=O)[C@@]2(C)CO. The zero-order valence-electron chi connectivity index (χ0n) is 8.08. The third-order valence-corrected chi connectivity index (χ3v) is 4.51. The Bertz CT molecular complexity index is 263. The first-order chi connectivity index (χ1) is 5.95. The number of carbonyl (C=O) groups is 1. The highest BCUT2D eigenvalue weighted by Gasteiger charge is 2.67. The van der Waals surface area contributed by atoms with Gasteiger partial charge in [0.15, 0.2) is 0 Å². The molecule has 0 aromatic carbocycles. The van der Waals surface area contributed by atoms with Crippen LogP contribution in [0.1, 0.15) is 26.7 Å². The van der Waals surface area contributed by atoms with Gasteiger partial charge in [-0.1, -0.05) is 13.8 Å². The number of fused-ring (bicyclic) bond motifs is 2. The Hall–Kier alpha value is -0.410. The quantitative estimate of drug-likeness (QED) is 0.618. The number of aliphatic hydroxyl groups is 2. The molecule has 2 aliphatic carbocycles. The normalized spacial score (nSPS) is 54.6. The molecule has 2 N–H and O–H groups in total. The van der Waals surface area contributed by atoms with Crippen LogP contribution in [0.5, 0.6) is 0 Å². The molecule has 4 atom stereocenters. The van der Waals surface area contributed by atoms with Gasteiger partial charge in [0.1, 0.15) is 5.78 Å². The maximum Gasteiger partial charge on any atom is 0.139 e. The summed E-state index contributed by atoms with van der Waals surface area (Å²) < 4.78 is 0. The van der Waals surface area contributed by atoms with E-state index in [4.69, 9.17) is 0 Å². The molecule has 0 unspecified atom stereocenters. The highest BCUT2D eigenvalue weighted by Crippen LogP contribution is 2.63. The summed E-state index contributed by atoms with van der Waals surface area (Å²) >= 11 is 0. The Morgan fingerprint density at radius 1 is 1.54 bits per heavy atom.